The van der Waals surface area contributed by atoms with Crippen LogP contribution in [0.5, 0.6) is 0 Å². The van der Waals surface area contributed by atoms with E-state index in [0.29, 0.717) is 0 Å². The molecule has 1 nitrogen and oxygen atoms in total. The molecule has 0 aromatic rings. The Bertz CT molecular complexity index is 221. The van der Waals surface area contributed by atoms with E-state index in [0.717, 1.165) is 6.54 Å². The van der Waals surface area contributed by atoms with Gasteiger partial charge in [0, 0.05) is 19.0 Å². The first kappa shape index (κ1) is 9.11. The Kier molecular flexibility index (Phi) is 2.74. The molecule has 0 spiro atoms. The highest BCUT2D eigenvalue weighted by molar-refractivity contribution is 5.15. The molecular weight excluding hydrogens is 146 g/mol. The third-order valence-corrected chi connectivity index (χ3v) is 1.88. The van der Waals surface area contributed by atoms with Crippen molar-refractivity contribution in [3.63, 3.8) is 0 Å². The minimum Gasteiger partial charge on any atom is -0.380 e. The maximum absolute atomic E-state index is 2.24. The van der Waals surface area contributed by atoms with E-state index in [-0.39, 0.29) is 5.41 Å². The molecule has 12 heavy (non-hydrogen) atoms. The van der Waals surface area contributed by atoms with Gasteiger partial charge in [0.2, 0.25) is 0 Å². The topological polar surface area (TPSA) is 3.24 Å². The molecule has 1 aliphatic rings. The molecule has 0 aliphatic carbocycles. The summed E-state index contributed by atoms with van der Waals surface area (Å²) in [4.78, 5) is 2.21. The van der Waals surface area contributed by atoms with E-state index in [1.807, 2.05) is 0 Å². The number of rotatable bonds is 0. The van der Waals surface area contributed by atoms with E-state index >= 15 is 0 Å². The highest BCUT2D eigenvalue weighted by atomic mass is 15.1. The van der Waals surface area contributed by atoms with Crippen LogP contribution in [0.2, 0.25) is 0 Å². The second-order valence-electron chi connectivity index (χ2n) is 3.99. The van der Waals surface area contributed by atoms with E-state index < -0.39 is 0 Å². The summed E-state index contributed by atoms with van der Waals surface area (Å²) >= 11 is 0. The van der Waals surface area contributed by atoms with Crippen LogP contribution in [0.25, 0.3) is 0 Å². The van der Waals surface area contributed by atoms with Crippen molar-refractivity contribution >= 4 is 0 Å². The van der Waals surface area contributed by atoms with Gasteiger partial charge in [-0.05, 0) is 12.3 Å². The first-order valence-corrected chi connectivity index (χ1v) is 4.33. The molecule has 0 bridgehead atoms. The number of hydrogen-bond acceptors (Lipinski definition) is 1. The van der Waals surface area contributed by atoms with Crippen molar-refractivity contribution in [3.8, 4) is 0 Å². The summed E-state index contributed by atoms with van der Waals surface area (Å²) in [6.07, 6.45) is 12.6. The van der Waals surface area contributed by atoms with Crippen molar-refractivity contribution in [1.29, 1.82) is 0 Å². The Labute approximate surface area is 75.1 Å². The van der Waals surface area contributed by atoms with Gasteiger partial charge in [-0.2, -0.15) is 0 Å². The number of hydrogen-bond donors (Lipinski definition) is 0. The van der Waals surface area contributed by atoms with Crippen LogP contribution in [-0.2, 0) is 0 Å². The Balaban J connectivity index is 2.78. The summed E-state index contributed by atoms with van der Waals surface area (Å²) in [6.45, 7) is 5.54. The van der Waals surface area contributed by atoms with Crippen LogP contribution in [-0.4, -0.2) is 18.5 Å². The molecule has 0 N–H and O–H groups in total. The standard InChI is InChI=1S/C11H17N/c1-11(2)8-6-4-5-7-9-12(3)10-11/h4-9H,10H2,1-3H3/b5-4-,8-6-,9-7-. The molecule has 0 saturated carbocycles. The van der Waals surface area contributed by atoms with Gasteiger partial charge in [0.25, 0.3) is 0 Å². The first-order valence-electron chi connectivity index (χ1n) is 4.33. The third kappa shape index (κ3) is 2.95. The normalized spacial score (nSPS) is 29.8. The fraction of sp³-hybridized carbons (Fsp3) is 0.455. The summed E-state index contributed by atoms with van der Waals surface area (Å²) in [7, 11) is 2.10. The lowest BCUT2D eigenvalue weighted by Crippen LogP contribution is -2.25. The van der Waals surface area contributed by atoms with Crippen molar-refractivity contribution in [2.75, 3.05) is 13.6 Å². The van der Waals surface area contributed by atoms with E-state index in [4.69, 9.17) is 0 Å². The Morgan fingerprint density at radius 2 is 1.75 bits per heavy atom. The predicted octanol–water partition coefficient (Wildman–Crippen LogP) is 2.58. The van der Waals surface area contributed by atoms with E-state index in [1.54, 1.807) is 0 Å². The van der Waals surface area contributed by atoms with Crippen molar-refractivity contribution in [2.24, 2.45) is 5.41 Å². The quantitative estimate of drug-likeness (QED) is 0.530. The summed E-state index contributed by atoms with van der Waals surface area (Å²) in [5.74, 6) is 0. The van der Waals surface area contributed by atoms with Crippen LogP contribution in [0.15, 0.2) is 36.6 Å². The molecule has 0 radical (unpaired) electrons. The third-order valence-electron chi connectivity index (χ3n) is 1.88. The second-order valence-corrected chi connectivity index (χ2v) is 3.99. The van der Waals surface area contributed by atoms with Crippen LogP contribution in [0.3, 0.4) is 0 Å². The Morgan fingerprint density at radius 3 is 2.50 bits per heavy atom. The molecule has 1 heteroatoms. The van der Waals surface area contributed by atoms with Gasteiger partial charge in [-0.1, -0.05) is 38.2 Å². The minimum absolute atomic E-state index is 0.258. The SMILES string of the molecule is CN1\C=C/C=C\C=C/C(C)(C)C1. The summed E-state index contributed by atoms with van der Waals surface area (Å²) in [6, 6.07) is 0. The molecule has 0 unspecified atom stereocenters. The molecule has 0 atom stereocenters. The molecule has 0 aromatic carbocycles. The molecule has 1 aliphatic heterocycles. The summed E-state index contributed by atoms with van der Waals surface area (Å²) in [5, 5.41) is 0. The van der Waals surface area contributed by atoms with E-state index in [1.165, 1.54) is 0 Å². The molecule has 0 fully saturated rings. The van der Waals surface area contributed by atoms with Gasteiger partial charge in [0.05, 0.1) is 0 Å². The number of allylic oxidation sites excluding steroid dienone is 4. The van der Waals surface area contributed by atoms with Gasteiger partial charge >= 0.3 is 0 Å². The zero-order chi connectivity index (χ0) is 9.03. The van der Waals surface area contributed by atoms with Crippen molar-refractivity contribution in [2.45, 2.75) is 13.8 Å². The zero-order valence-corrected chi connectivity index (χ0v) is 8.12. The van der Waals surface area contributed by atoms with Crippen LogP contribution >= 0.6 is 0 Å². The predicted molar refractivity (Wildman–Crippen MR) is 53.8 cm³/mol. The van der Waals surface area contributed by atoms with E-state index in [2.05, 4.69) is 62.4 Å². The van der Waals surface area contributed by atoms with Gasteiger partial charge in [-0.25, -0.2) is 0 Å². The molecular formula is C11H17N. The van der Waals surface area contributed by atoms with Crippen LogP contribution in [0.1, 0.15) is 13.8 Å². The lowest BCUT2D eigenvalue weighted by atomic mass is 9.92. The van der Waals surface area contributed by atoms with Crippen molar-refractivity contribution < 1.29 is 0 Å². The second kappa shape index (κ2) is 3.61. The monoisotopic (exact) mass is 163 g/mol. The Morgan fingerprint density at radius 1 is 1.08 bits per heavy atom. The summed E-state index contributed by atoms with van der Waals surface area (Å²) < 4.78 is 0. The molecule has 0 amide bonds. The van der Waals surface area contributed by atoms with Gasteiger partial charge in [0.1, 0.15) is 0 Å². The maximum Gasteiger partial charge on any atom is 0.0255 e. The fourth-order valence-corrected chi connectivity index (χ4v) is 1.39. The highest BCUT2D eigenvalue weighted by Crippen LogP contribution is 2.18. The van der Waals surface area contributed by atoms with Gasteiger partial charge < -0.3 is 4.90 Å². The minimum atomic E-state index is 0.258. The summed E-state index contributed by atoms with van der Waals surface area (Å²) in [5.41, 5.74) is 0.258. The molecule has 1 heterocycles. The van der Waals surface area contributed by atoms with Crippen molar-refractivity contribution in [1.82, 2.24) is 4.90 Å². The average Bonchev–Trinajstić information content (AvgIpc) is 1.99. The lowest BCUT2D eigenvalue weighted by molar-refractivity contribution is 0.320. The average molecular weight is 163 g/mol. The lowest BCUT2D eigenvalue weighted by Gasteiger charge is -2.26. The van der Waals surface area contributed by atoms with Crippen molar-refractivity contribution in [3.05, 3.63) is 36.6 Å². The van der Waals surface area contributed by atoms with Crippen LogP contribution in [0.4, 0.5) is 0 Å². The fourth-order valence-electron chi connectivity index (χ4n) is 1.39. The maximum atomic E-state index is 2.24. The molecule has 0 saturated heterocycles. The molecule has 1 rings (SSSR count). The van der Waals surface area contributed by atoms with Gasteiger partial charge in [-0.3, -0.25) is 0 Å². The smallest absolute Gasteiger partial charge is 0.0255 e. The Hall–Kier alpha value is -0.980. The zero-order valence-electron chi connectivity index (χ0n) is 8.12. The van der Waals surface area contributed by atoms with Gasteiger partial charge in [0.15, 0.2) is 0 Å². The van der Waals surface area contributed by atoms with E-state index in [9.17, 15) is 0 Å². The highest BCUT2D eigenvalue weighted by Gasteiger charge is 2.14. The van der Waals surface area contributed by atoms with Crippen LogP contribution < -0.4 is 0 Å². The largest absolute Gasteiger partial charge is 0.380 e. The molecule has 66 valence electrons. The molecule has 0 aromatic heterocycles. The van der Waals surface area contributed by atoms with Crippen LogP contribution in [0, 0.1) is 5.41 Å². The number of nitrogens with zero attached hydrogens (tertiary/aromatic N) is 1. The van der Waals surface area contributed by atoms with Gasteiger partial charge in [-0.15, -0.1) is 0 Å². The first-order chi connectivity index (χ1) is 5.60.